The van der Waals surface area contributed by atoms with E-state index in [0.29, 0.717) is 11.1 Å². The van der Waals surface area contributed by atoms with Gasteiger partial charge in [-0.05, 0) is 114 Å². The second-order valence-electron chi connectivity index (χ2n) is 27.1. The van der Waals surface area contributed by atoms with Crippen molar-refractivity contribution in [2.24, 2.45) is 11.8 Å². The minimum atomic E-state index is -1.51. The van der Waals surface area contributed by atoms with Crippen LogP contribution in [0.1, 0.15) is 193 Å². The molecule has 0 saturated heterocycles. The summed E-state index contributed by atoms with van der Waals surface area (Å²) in [6, 6.07) is 39.1. The van der Waals surface area contributed by atoms with E-state index in [1.807, 2.05) is 0 Å². The zero-order valence-corrected chi connectivity index (χ0v) is 67.5. The average molecular weight is 1650 g/mol. The number of Topliss-reactive ketones (excluding diaryl/α,β-unsaturated/α-hetero) is 1. The van der Waals surface area contributed by atoms with Crippen molar-refractivity contribution in [1.82, 2.24) is 0 Å². The van der Waals surface area contributed by atoms with E-state index in [1.165, 1.54) is 147 Å². The number of benzene rings is 6. The summed E-state index contributed by atoms with van der Waals surface area (Å²) in [5.74, 6) is -19.4. The van der Waals surface area contributed by atoms with Crippen molar-refractivity contribution in [2.45, 2.75) is 136 Å². The molecule has 0 aliphatic carbocycles. The van der Waals surface area contributed by atoms with Gasteiger partial charge in [-0.25, -0.2) is 52.7 Å². The van der Waals surface area contributed by atoms with Crippen LogP contribution < -0.4 is 0 Å². The largest absolute Gasteiger partial charge is 0.469 e. The van der Waals surface area contributed by atoms with E-state index in [2.05, 4.69) is 9.47 Å². The first kappa shape index (κ1) is 94.4. The summed E-state index contributed by atoms with van der Waals surface area (Å²) in [6.07, 6.45) is -6.10. The second-order valence-corrected chi connectivity index (χ2v) is 27.1. The topological polar surface area (TPSA) is 412 Å². The Labute approximate surface area is 686 Å². The minimum Gasteiger partial charge on any atom is -0.469 e. The van der Waals surface area contributed by atoms with Gasteiger partial charge >= 0.3 is 89.5 Å². The van der Waals surface area contributed by atoms with Gasteiger partial charge in [0.05, 0.1) is 90.5 Å². The van der Waals surface area contributed by atoms with Gasteiger partial charge in [0.1, 0.15) is 76.3 Å². The Hall–Kier alpha value is -13.5. The quantitative estimate of drug-likeness (QED) is 0.0148. The van der Waals surface area contributed by atoms with E-state index in [-0.39, 0.29) is 76.0 Å². The number of hydrogen-bond acceptors (Lipinski definition) is 31. The van der Waals surface area contributed by atoms with Gasteiger partial charge in [-0.2, -0.15) is 0 Å². The Morgan fingerprint density at radius 3 is 1.10 bits per heavy atom. The first-order chi connectivity index (χ1) is 56.8. The van der Waals surface area contributed by atoms with Crippen molar-refractivity contribution in [3.05, 3.63) is 237 Å². The molecule has 0 amide bonds. The van der Waals surface area contributed by atoms with E-state index in [0.717, 1.165) is 32.4 Å². The van der Waals surface area contributed by atoms with Crippen molar-refractivity contribution in [2.75, 3.05) is 61.0 Å². The van der Waals surface area contributed by atoms with Crippen LogP contribution in [0.25, 0.3) is 0 Å². The van der Waals surface area contributed by atoms with Crippen LogP contribution in [-0.4, -0.2) is 193 Å². The highest BCUT2D eigenvalue weighted by Crippen LogP contribution is 2.40. The lowest BCUT2D eigenvalue weighted by Crippen LogP contribution is -2.30. The number of ketones is 1. The lowest BCUT2D eigenvalue weighted by molar-refractivity contribution is -0.160. The number of rotatable bonds is 44. The molecule has 6 rings (SSSR count). The van der Waals surface area contributed by atoms with Crippen LogP contribution in [0.2, 0.25) is 0 Å². The summed E-state index contributed by atoms with van der Waals surface area (Å²) < 4.78 is 80.9. The summed E-state index contributed by atoms with van der Waals surface area (Å²) >= 11 is 0. The van der Waals surface area contributed by atoms with Gasteiger partial charge in [-0.3, -0.25) is 24.0 Å². The number of ether oxygens (including phenoxy) is 15. The number of carbonyl (C=O) groups is 16. The molecule has 0 fully saturated rings. The predicted molar refractivity (Wildman–Crippen MR) is 417 cm³/mol. The average Bonchev–Trinajstić information content (AvgIpc) is 0.808. The van der Waals surface area contributed by atoms with E-state index in [1.54, 1.807) is 73.7 Å². The maximum atomic E-state index is 15.2. The van der Waals surface area contributed by atoms with Gasteiger partial charge in [-0.1, -0.05) is 129 Å². The van der Waals surface area contributed by atoms with Gasteiger partial charge < -0.3 is 71.1 Å². The van der Waals surface area contributed by atoms with Crippen molar-refractivity contribution in [1.29, 1.82) is 0 Å². The third-order valence-corrected chi connectivity index (χ3v) is 17.5. The molecule has 0 aliphatic rings. The van der Waals surface area contributed by atoms with Crippen molar-refractivity contribution < 1.29 is 148 Å². The Balaban J connectivity index is 1.32. The maximum Gasteiger partial charge on any atom is 0.339 e. The molecule has 0 radical (unpaired) electrons. The Bertz CT molecular complexity index is 4640. The third kappa shape index (κ3) is 30.6. The molecule has 0 N–H and O–H groups in total. The fourth-order valence-corrected chi connectivity index (χ4v) is 11.6. The summed E-state index contributed by atoms with van der Waals surface area (Å²) in [6.45, 7) is 8.00. The molecule has 0 saturated carbocycles. The van der Waals surface area contributed by atoms with Crippen LogP contribution in [0.15, 0.2) is 182 Å². The van der Waals surface area contributed by atoms with Gasteiger partial charge in [0, 0.05) is 36.1 Å². The lowest BCUT2D eigenvalue weighted by Gasteiger charge is -2.29. The molecule has 31 heteroatoms. The molecule has 6 aromatic rings. The Morgan fingerprint density at radius 1 is 0.319 bits per heavy atom. The van der Waals surface area contributed by atoms with Crippen molar-refractivity contribution in [3.63, 3.8) is 0 Å². The fraction of sp³-hybridized carbons (Fsp3) is 0.364. The number of methoxy groups -OCH3 is 3. The van der Waals surface area contributed by atoms with Crippen LogP contribution in [0.4, 0.5) is 0 Å². The normalized spacial score (nSPS) is 13.6. The smallest absolute Gasteiger partial charge is 0.339 e. The van der Waals surface area contributed by atoms with E-state index in [9.17, 15) is 67.1 Å². The van der Waals surface area contributed by atoms with Crippen LogP contribution in [0, 0.1) is 11.8 Å². The van der Waals surface area contributed by atoms with Crippen molar-refractivity contribution >= 4 is 95.3 Å². The van der Waals surface area contributed by atoms with E-state index < -0.39 is 201 Å². The molecule has 0 aromatic heterocycles. The maximum absolute atomic E-state index is 15.2. The first-order valence-electron chi connectivity index (χ1n) is 37.7. The molecule has 10 atom stereocenters. The number of carbonyl (C=O) groups excluding carboxylic acids is 16. The highest BCUT2D eigenvalue weighted by Gasteiger charge is 2.36. The molecule has 31 nitrogen and oxygen atoms in total. The molecular formula is C88H94O31. The molecule has 119 heavy (non-hydrogen) atoms. The molecule has 0 spiro atoms. The highest BCUT2D eigenvalue weighted by molar-refractivity contribution is 6.07. The third-order valence-electron chi connectivity index (χ3n) is 17.5. The Kier molecular flexibility index (Phi) is 38.2. The summed E-state index contributed by atoms with van der Waals surface area (Å²) in [5.41, 5.74) is -0.850. The Morgan fingerprint density at radius 2 is 0.672 bits per heavy atom. The van der Waals surface area contributed by atoms with E-state index in [4.69, 9.17) is 61.6 Å². The monoisotopic (exact) mass is 1650 g/mol. The predicted octanol–water partition coefficient (Wildman–Crippen LogP) is 10.9. The number of esters is 15. The second kappa shape index (κ2) is 48.1. The molecule has 0 bridgehead atoms. The van der Waals surface area contributed by atoms with E-state index >= 15 is 9.59 Å². The van der Waals surface area contributed by atoms with Gasteiger partial charge in [0.15, 0.2) is 5.78 Å². The van der Waals surface area contributed by atoms with Gasteiger partial charge in [-0.15, -0.1) is 0 Å². The SMILES string of the molecule is CCC(=O)c1ccccc1C(=O)OCC(C)OC(=O)CC(CC(CC(/C(=C/C(=O)OC(C)COC(=O)c1ccccc1C(=O)OC)C(=O)OCC(C)OC(=O)c1ccccc1C(=O)OCC(C)OC(=O)/C=C\C(=O)OC)c1ccccc1)c1ccccc1)C(=O)OCC(C)OC(=O)c1ccccc1C(=O)OCC(C)OC(=O)CC(C)C(=O)OC. The molecule has 0 aliphatic heterocycles. The lowest BCUT2D eigenvalue weighted by atomic mass is 9.76. The van der Waals surface area contributed by atoms with Crippen molar-refractivity contribution in [3.8, 4) is 0 Å². The molecule has 6 aromatic carbocycles. The molecule has 0 heterocycles. The molecule has 632 valence electrons. The van der Waals surface area contributed by atoms with Gasteiger partial charge in [0.2, 0.25) is 0 Å². The van der Waals surface area contributed by atoms with Crippen LogP contribution >= 0.6 is 0 Å². The van der Waals surface area contributed by atoms with Crippen LogP contribution in [0.5, 0.6) is 0 Å². The van der Waals surface area contributed by atoms with Crippen LogP contribution in [0.3, 0.4) is 0 Å². The zero-order valence-electron chi connectivity index (χ0n) is 67.5. The first-order valence-corrected chi connectivity index (χ1v) is 37.7. The van der Waals surface area contributed by atoms with Gasteiger partial charge in [0.25, 0.3) is 0 Å². The molecular weight excluding hydrogens is 1550 g/mol. The summed E-state index contributed by atoms with van der Waals surface area (Å²) in [5, 5.41) is 0. The standard InChI is InChI=1S/C88H94O31/c1-12-73(89)63-31-19-20-32-64(63)82(98)109-48-55(5)116-77(93)44-62(80(96)108-50-57(7)118-87(103)69-37-25-24-36-68(69)85(101)112-47-54(4)115-76(92)41-52(2)79(95)106-10)42-61(59-27-15-13-16-28-59)43-71(60-29-17-14-18-30-60)72(45-78(94)117-56(6)49-111-83(99)66-34-22-21-33-65(66)81(97)107-11)86(102)113-51-58(8)119-88(104)70-38-26-23-35-67(70)84(100)110-46-53(3)114-75(91)40-39-74(90)105-9/h13-40,45,52-58,61-62,71H,12,41-44,46-51H2,1-11H3/b40-39-,72-45-. The van der Waals surface area contributed by atoms with Crippen LogP contribution in [-0.2, 0) is 109 Å². The summed E-state index contributed by atoms with van der Waals surface area (Å²) in [4.78, 5) is 214. The fourth-order valence-electron chi connectivity index (χ4n) is 11.6. The minimum absolute atomic E-state index is 0.0313. The molecule has 10 unspecified atom stereocenters. The zero-order chi connectivity index (χ0) is 87.3. The summed E-state index contributed by atoms with van der Waals surface area (Å²) in [7, 11) is 3.40. The number of hydrogen-bond donors (Lipinski definition) is 0. The highest BCUT2D eigenvalue weighted by atomic mass is 16.6.